The summed E-state index contributed by atoms with van der Waals surface area (Å²) in [7, 11) is 0. The second-order valence-electron chi connectivity index (χ2n) is 15.4. The second kappa shape index (κ2) is 34.1. The van der Waals surface area contributed by atoms with Crippen LogP contribution in [0.5, 0.6) is 0 Å². The molecule has 20 heteroatoms. The number of anilines is 3. The summed E-state index contributed by atoms with van der Waals surface area (Å²) in [6, 6.07) is 21.6. The molecular weight excluding hydrogens is 906 g/mol. The van der Waals surface area contributed by atoms with Crippen LogP contribution in [0.15, 0.2) is 109 Å². The van der Waals surface area contributed by atoms with E-state index in [-0.39, 0.29) is 128 Å². The molecule has 360 valence electrons. The van der Waals surface area contributed by atoms with Crippen LogP contribution in [0.1, 0.15) is 37.5 Å². The molecule has 0 aromatic heterocycles. The van der Waals surface area contributed by atoms with Crippen LogP contribution in [0, 0.1) is 20.8 Å². The number of carboxylic acid groups (broad SMARTS) is 3. The van der Waals surface area contributed by atoms with E-state index in [4.69, 9.17) is 14.2 Å². The fourth-order valence-electron chi connectivity index (χ4n) is 5.32. The first-order chi connectivity index (χ1) is 30.9. The molecule has 0 amide bonds. The smallest absolute Gasteiger partial charge is 0.548 e. The van der Waals surface area contributed by atoms with Crippen molar-refractivity contribution in [1.82, 2.24) is 0 Å². The Balaban J connectivity index is 0. The molecule has 3 atom stereocenters. The third-order valence-corrected chi connectivity index (χ3v) is 8.72. The van der Waals surface area contributed by atoms with Crippen molar-refractivity contribution >= 4 is 75.9 Å². The zero-order chi connectivity index (χ0) is 50.1. The van der Waals surface area contributed by atoms with Crippen molar-refractivity contribution in [3.05, 3.63) is 126 Å². The summed E-state index contributed by atoms with van der Waals surface area (Å²) in [5.41, 5.74) is 5.72. The molecule has 0 aliphatic heterocycles. The van der Waals surface area contributed by atoms with Crippen molar-refractivity contribution in [2.24, 2.45) is 0 Å². The van der Waals surface area contributed by atoms with Crippen molar-refractivity contribution in [3.63, 3.8) is 0 Å². The van der Waals surface area contributed by atoms with Gasteiger partial charge in [0.2, 0.25) is 0 Å². The zero-order valence-corrected chi connectivity index (χ0v) is 43.3. The molecule has 0 heterocycles. The predicted octanol–water partition coefficient (Wildman–Crippen LogP) is -3.28. The minimum atomic E-state index is -1.26. The van der Waals surface area contributed by atoms with Crippen LogP contribution in [-0.4, -0.2) is 152 Å². The monoisotopic (exact) mass is 965 g/mol. The number of hydrogen-bond acceptors (Lipinski definition) is 18. The van der Waals surface area contributed by atoms with E-state index in [0.29, 0.717) is 17.1 Å². The quantitative estimate of drug-likeness (QED) is 0.0344. The van der Waals surface area contributed by atoms with Gasteiger partial charge in [0.05, 0.1) is 37.5 Å². The van der Waals surface area contributed by atoms with E-state index in [1.807, 2.05) is 57.2 Å². The average Bonchev–Trinajstić information content (AvgIpc) is 3.23. The molecular formula is C48H60MgN3NaO15. The van der Waals surface area contributed by atoms with Gasteiger partial charge in [-0.2, -0.15) is 0 Å². The number of nitrogens with zero attached hydrogens (tertiary/aromatic N) is 3. The normalized spacial score (nSPS) is 11.2. The predicted molar refractivity (Wildman–Crippen MR) is 246 cm³/mol. The molecule has 0 fully saturated rings. The molecule has 0 saturated carbocycles. The number of carbonyl (C=O) groups excluding carboxylic acids is 6. The first-order valence-corrected chi connectivity index (χ1v) is 20.4. The molecule has 0 aliphatic rings. The van der Waals surface area contributed by atoms with Crippen LogP contribution in [0.3, 0.4) is 0 Å². The first-order valence-electron chi connectivity index (χ1n) is 20.4. The zero-order valence-electron chi connectivity index (χ0n) is 39.9. The Labute approximate surface area is 435 Å². The molecule has 3 unspecified atom stereocenters. The Morgan fingerprint density at radius 1 is 0.471 bits per heavy atom. The number of aliphatic carboxylic acids is 3. The Bertz CT molecular complexity index is 1870. The summed E-state index contributed by atoms with van der Waals surface area (Å²) in [5.74, 6) is -5.56. The van der Waals surface area contributed by atoms with E-state index >= 15 is 0 Å². The van der Waals surface area contributed by atoms with Crippen molar-refractivity contribution in [2.45, 2.75) is 59.9 Å². The number of aliphatic hydroxyl groups excluding tert-OH is 3. The minimum Gasteiger partial charge on any atom is -0.548 e. The van der Waals surface area contributed by atoms with Gasteiger partial charge in [0.1, 0.15) is 38.1 Å². The number of aliphatic hydroxyl groups is 3. The number of ether oxygens (including phenoxy) is 3. The molecule has 0 aliphatic carbocycles. The van der Waals surface area contributed by atoms with Gasteiger partial charge in [-0.05, 0) is 77.9 Å². The van der Waals surface area contributed by atoms with E-state index in [0.717, 1.165) is 16.7 Å². The molecule has 68 heavy (non-hydrogen) atoms. The van der Waals surface area contributed by atoms with E-state index in [2.05, 4.69) is 19.7 Å². The van der Waals surface area contributed by atoms with Gasteiger partial charge in [-0.1, -0.05) is 72.8 Å². The number of esters is 3. The van der Waals surface area contributed by atoms with E-state index < -0.39 is 54.1 Å². The maximum absolute atomic E-state index is 11.3. The summed E-state index contributed by atoms with van der Waals surface area (Å²) >= 11 is 0. The summed E-state index contributed by atoms with van der Waals surface area (Å²) in [6.45, 7) is 18.8. The number of carboxylic acids is 3. The third kappa shape index (κ3) is 28.2. The summed E-state index contributed by atoms with van der Waals surface area (Å²) in [5, 5.41) is 62.3. The Kier molecular flexibility index (Phi) is 32.5. The maximum Gasteiger partial charge on any atom is 2.00 e. The van der Waals surface area contributed by atoms with Gasteiger partial charge < -0.3 is 73.9 Å². The van der Waals surface area contributed by atoms with E-state index in [1.165, 1.54) is 35.5 Å². The fourth-order valence-corrected chi connectivity index (χ4v) is 5.32. The molecule has 3 N–H and O–H groups in total. The molecule has 3 rings (SSSR count). The fraction of sp³-hybridized carbons (Fsp3) is 0.375. The van der Waals surface area contributed by atoms with Gasteiger partial charge >= 0.3 is 70.5 Å². The van der Waals surface area contributed by atoms with Gasteiger partial charge in [0.15, 0.2) is 0 Å². The number of aryl methyl sites for hydroxylation is 3. The van der Waals surface area contributed by atoms with Crippen LogP contribution >= 0.6 is 0 Å². The number of benzene rings is 3. The number of hydrogen-bond donors (Lipinski definition) is 3. The molecule has 0 saturated heterocycles. The van der Waals surface area contributed by atoms with Crippen molar-refractivity contribution in [3.8, 4) is 0 Å². The maximum atomic E-state index is 11.3. The van der Waals surface area contributed by atoms with Gasteiger partial charge in [-0.15, -0.1) is 0 Å². The second-order valence-corrected chi connectivity index (χ2v) is 15.4. The van der Waals surface area contributed by atoms with Crippen molar-refractivity contribution in [1.29, 1.82) is 0 Å². The van der Waals surface area contributed by atoms with Crippen molar-refractivity contribution < 1.29 is 103 Å². The van der Waals surface area contributed by atoms with Gasteiger partial charge in [0.25, 0.3) is 0 Å². The molecule has 0 radical (unpaired) electrons. The van der Waals surface area contributed by atoms with Crippen molar-refractivity contribution in [2.75, 3.05) is 73.8 Å². The molecule has 3 aromatic rings. The summed E-state index contributed by atoms with van der Waals surface area (Å²) < 4.78 is 14.5. The van der Waals surface area contributed by atoms with Gasteiger partial charge in [0, 0.05) is 53.4 Å². The Morgan fingerprint density at radius 3 is 0.824 bits per heavy atom. The average molecular weight is 966 g/mol. The summed E-state index contributed by atoms with van der Waals surface area (Å²) in [4.78, 5) is 70.7. The molecule has 3 aromatic carbocycles. The third-order valence-electron chi connectivity index (χ3n) is 8.72. The van der Waals surface area contributed by atoms with Crippen LogP contribution in [0.4, 0.5) is 17.1 Å². The Morgan fingerprint density at radius 2 is 0.662 bits per heavy atom. The first kappa shape index (κ1) is 64.8. The number of carbonyl (C=O) groups is 6. The van der Waals surface area contributed by atoms with E-state index in [1.54, 1.807) is 36.4 Å². The topological polar surface area (TPSA) is 270 Å². The molecule has 0 bridgehead atoms. The standard InChI is InChI=1S/3C16H21NO5.Mg.Na/c3*1-11(2)16(21)22-10-14(18)8-17(9-15(19)20)13-6-4-12(3)5-7-13;;/h3*4-7,14,18H,1,8-10H2,2-3H3,(H,19,20);;/q;;;+2;+1/p-3. The molecule has 0 spiro atoms. The van der Waals surface area contributed by atoms with Crippen LogP contribution < -0.4 is 59.6 Å². The van der Waals surface area contributed by atoms with Crippen LogP contribution in [-0.2, 0) is 43.0 Å². The number of rotatable bonds is 24. The van der Waals surface area contributed by atoms with Gasteiger partial charge in [-0.3, -0.25) is 0 Å². The SMILES string of the molecule is C=C(C)C(=O)OCC(O)CN(CC(=O)[O-])c1ccc(C)cc1.C=C(C)C(=O)OCC(O)CN(CC(=O)[O-])c1ccc(C)cc1.C=C(C)C(=O)OCC(O)CN(CC(=O)[O-])c1ccc(C)cc1.[Mg+2].[Na+]. The largest absolute Gasteiger partial charge is 2.00 e. The Hall–Kier alpha value is -5.25. The van der Waals surface area contributed by atoms with E-state index in [9.17, 15) is 59.4 Å². The minimum absolute atomic E-state index is 0. The summed E-state index contributed by atoms with van der Waals surface area (Å²) in [6.07, 6.45) is -3.07. The van der Waals surface area contributed by atoms with Gasteiger partial charge in [-0.25, -0.2) is 14.4 Å². The molecule has 18 nitrogen and oxygen atoms in total. The van der Waals surface area contributed by atoms with Crippen LogP contribution in [0.25, 0.3) is 0 Å². The van der Waals surface area contributed by atoms with Crippen LogP contribution in [0.2, 0.25) is 0 Å².